The lowest BCUT2D eigenvalue weighted by Gasteiger charge is -2.15. The molecule has 0 aliphatic heterocycles. The highest BCUT2D eigenvalue weighted by atomic mass is 14.9. The summed E-state index contributed by atoms with van der Waals surface area (Å²) < 4.78 is 2.23. The first-order chi connectivity index (χ1) is 5.79. The van der Waals surface area contributed by atoms with Crippen LogP contribution in [0.4, 0.5) is 0 Å². The fourth-order valence-corrected chi connectivity index (χ4v) is 2.05. The van der Waals surface area contributed by atoms with Crippen molar-refractivity contribution in [3.8, 4) is 0 Å². The molecule has 0 saturated heterocycles. The summed E-state index contributed by atoms with van der Waals surface area (Å²) in [5.74, 6) is 0. The van der Waals surface area contributed by atoms with Gasteiger partial charge in [-0.05, 0) is 31.2 Å². The fourth-order valence-electron chi connectivity index (χ4n) is 2.05. The summed E-state index contributed by atoms with van der Waals surface area (Å²) in [7, 11) is 2.13. The minimum atomic E-state index is 1.29. The Labute approximate surface area is 74.0 Å². The van der Waals surface area contributed by atoms with Crippen LogP contribution >= 0.6 is 0 Å². The number of fused-ring (bicyclic) bond motifs is 1. The number of hydrogen-bond acceptors (Lipinski definition) is 0. The minimum Gasteiger partial charge on any atom is -0.205 e. The third-order valence-electron chi connectivity index (χ3n) is 2.98. The second-order valence-electron chi connectivity index (χ2n) is 3.72. The molecule has 0 N–H and O–H groups in total. The van der Waals surface area contributed by atoms with Crippen molar-refractivity contribution in [2.45, 2.75) is 32.6 Å². The third kappa shape index (κ3) is 1.13. The fraction of sp³-hybridized carbons (Fsp3) is 0.545. The van der Waals surface area contributed by atoms with E-state index in [0.29, 0.717) is 0 Å². The monoisotopic (exact) mass is 162 g/mol. The molecule has 0 amide bonds. The molecular formula is C11H16N+. The molecule has 0 radical (unpaired) electrons. The Morgan fingerprint density at radius 3 is 2.83 bits per heavy atom. The largest absolute Gasteiger partial charge is 0.205 e. The van der Waals surface area contributed by atoms with Gasteiger partial charge in [0.1, 0.15) is 7.05 Å². The summed E-state index contributed by atoms with van der Waals surface area (Å²) in [4.78, 5) is 0. The van der Waals surface area contributed by atoms with Crippen LogP contribution in [-0.2, 0) is 19.9 Å². The van der Waals surface area contributed by atoms with Gasteiger partial charge in [-0.1, -0.05) is 0 Å². The van der Waals surface area contributed by atoms with Crippen LogP contribution in [-0.4, -0.2) is 0 Å². The van der Waals surface area contributed by atoms with E-state index in [9.17, 15) is 0 Å². The van der Waals surface area contributed by atoms with E-state index in [4.69, 9.17) is 0 Å². The SMILES string of the molecule is Cc1c2c(cc[n+]1C)CCCC2. The topological polar surface area (TPSA) is 3.88 Å². The summed E-state index contributed by atoms with van der Waals surface area (Å²) in [5.41, 5.74) is 4.63. The van der Waals surface area contributed by atoms with Crippen LogP contribution in [0.2, 0.25) is 0 Å². The van der Waals surface area contributed by atoms with Crippen molar-refractivity contribution >= 4 is 0 Å². The number of aromatic nitrogens is 1. The molecule has 64 valence electrons. The lowest BCUT2D eigenvalue weighted by molar-refractivity contribution is -0.678. The summed E-state index contributed by atoms with van der Waals surface area (Å²) >= 11 is 0. The van der Waals surface area contributed by atoms with E-state index in [1.54, 1.807) is 11.1 Å². The summed E-state index contributed by atoms with van der Waals surface area (Å²) in [6.45, 7) is 2.23. The van der Waals surface area contributed by atoms with Crippen molar-refractivity contribution in [3.05, 3.63) is 29.1 Å². The van der Waals surface area contributed by atoms with Gasteiger partial charge in [-0.2, -0.15) is 0 Å². The van der Waals surface area contributed by atoms with E-state index < -0.39 is 0 Å². The Bertz CT molecular complexity index is 302. The minimum absolute atomic E-state index is 1.29. The third-order valence-corrected chi connectivity index (χ3v) is 2.98. The van der Waals surface area contributed by atoms with Gasteiger partial charge in [0.25, 0.3) is 0 Å². The van der Waals surface area contributed by atoms with Crippen LogP contribution in [0.15, 0.2) is 12.3 Å². The molecule has 0 aromatic carbocycles. The lowest BCUT2D eigenvalue weighted by atomic mass is 9.91. The predicted octanol–water partition coefficient (Wildman–Crippen LogP) is 1.70. The van der Waals surface area contributed by atoms with Crippen LogP contribution < -0.4 is 4.57 Å². The molecule has 12 heavy (non-hydrogen) atoms. The lowest BCUT2D eigenvalue weighted by Crippen LogP contribution is -2.33. The van der Waals surface area contributed by atoms with Crippen LogP contribution in [0.5, 0.6) is 0 Å². The normalized spacial score (nSPS) is 15.8. The zero-order valence-electron chi connectivity index (χ0n) is 7.93. The van der Waals surface area contributed by atoms with Crippen molar-refractivity contribution in [2.24, 2.45) is 7.05 Å². The standard InChI is InChI=1S/C11H16N/c1-9-11-6-4-3-5-10(11)7-8-12(9)2/h7-8H,3-6H2,1-2H3/q+1. The van der Waals surface area contributed by atoms with Gasteiger partial charge in [0, 0.05) is 18.6 Å². The second kappa shape index (κ2) is 2.89. The molecule has 1 aliphatic rings. The Morgan fingerprint density at radius 1 is 1.25 bits per heavy atom. The molecule has 1 nitrogen and oxygen atoms in total. The second-order valence-corrected chi connectivity index (χ2v) is 3.72. The maximum absolute atomic E-state index is 2.28. The van der Waals surface area contributed by atoms with E-state index >= 15 is 0 Å². The zero-order valence-corrected chi connectivity index (χ0v) is 7.93. The molecule has 0 atom stereocenters. The smallest absolute Gasteiger partial charge is 0.181 e. The number of aryl methyl sites for hydroxylation is 2. The van der Waals surface area contributed by atoms with Crippen molar-refractivity contribution in [3.63, 3.8) is 0 Å². The number of hydrogen-bond donors (Lipinski definition) is 0. The molecule has 0 saturated carbocycles. The summed E-state index contributed by atoms with van der Waals surface area (Å²) in [6.07, 6.45) is 7.50. The van der Waals surface area contributed by atoms with Gasteiger partial charge < -0.3 is 0 Å². The maximum atomic E-state index is 2.28. The molecule has 2 rings (SSSR count). The molecule has 1 aliphatic carbocycles. The van der Waals surface area contributed by atoms with Crippen molar-refractivity contribution in [1.82, 2.24) is 0 Å². The van der Waals surface area contributed by atoms with Gasteiger partial charge in [-0.15, -0.1) is 0 Å². The Balaban J connectivity index is 2.54. The molecule has 1 aromatic rings. The van der Waals surface area contributed by atoms with E-state index in [-0.39, 0.29) is 0 Å². The molecule has 0 fully saturated rings. The zero-order chi connectivity index (χ0) is 8.55. The highest BCUT2D eigenvalue weighted by Gasteiger charge is 2.16. The van der Waals surface area contributed by atoms with E-state index in [2.05, 4.69) is 30.8 Å². The first-order valence-electron chi connectivity index (χ1n) is 4.76. The van der Waals surface area contributed by atoms with Crippen molar-refractivity contribution in [1.29, 1.82) is 0 Å². The molecule has 0 bridgehead atoms. The van der Waals surface area contributed by atoms with Gasteiger partial charge >= 0.3 is 0 Å². The highest BCUT2D eigenvalue weighted by molar-refractivity contribution is 5.28. The molecular weight excluding hydrogens is 146 g/mol. The van der Waals surface area contributed by atoms with Crippen molar-refractivity contribution in [2.75, 3.05) is 0 Å². The van der Waals surface area contributed by atoms with Gasteiger partial charge in [-0.3, -0.25) is 0 Å². The molecule has 1 heterocycles. The van der Waals surface area contributed by atoms with Gasteiger partial charge in [0.2, 0.25) is 0 Å². The van der Waals surface area contributed by atoms with Crippen LogP contribution in [0, 0.1) is 6.92 Å². The quantitative estimate of drug-likeness (QED) is 0.511. The van der Waals surface area contributed by atoms with E-state index in [0.717, 1.165) is 0 Å². The van der Waals surface area contributed by atoms with Crippen LogP contribution in [0.1, 0.15) is 29.7 Å². The number of nitrogens with zero attached hydrogens (tertiary/aromatic N) is 1. The first-order valence-corrected chi connectivity index (χ1v) is 4.76. The van der Waals surface area contributed by atoms with Gasteiger partial charge in [0.15, 0.2) is 11.9 Å². The predicted molar refractivity (Wildman–Crippen MR) is 49.0 cm³/mol. The van der Waals surface area contributed by atoms with Crippen LogP contribution in [0.25, 0.3) is 0 Å². The number of rotatable bonds is 0. The van der Waals surface area contributed by atoms with Gasteiger partial charge in [0.05, 0.1) is 0 Å². The summed E-state index contributed by atoms with van der Waals surface area (Å²) in [5, 5.41) is 0. The first kappa shape index (κ1) is 7.78. The molecule has 1 heteroatoms. The van der Waals surface area contributed by atoms with Crippen LogP contribution in [0.3, 0.4) is 0 Å². The summed E-state index contributed by atoms with van der Waals surface area (Å²) in [6, 6.07) is 2.28. The molecule has 1 aromatic heterocycles. The van der Waals surface area contributed by atoms with E-state index in [1.165, 1.54) is 31.4 Å². The highest BCUT2D eigenvalue weighted by Crippen LogP contribution is 2.21. The average Bonchev–Trinajstić information content (AvgIpc) is 2.12. The number of pyridine rings is 1. The van der Waals surface area contributed by atoms with E-state index in [1.807, 2.05) is 0 Å². The Hall–Kier alpha value is -0.850. The molecule has 0 unspecified atom stereocenters. The van der Waals surface area contributed by atoms with Crippen molar-refractivity contribution < 1.29 is 4.57 Å². The average molecular weight is 162 g/mol. The maximum Gasteiger partial charge on any atom is 0.181 e. The Morgan fingerprint density at radius 2 is 2.00 bits per heavy atom. The Kier molecular flexibility index (Phi) is 1.87. The van der Waals surface area contributed by atoms with Gasteiger partial charge in [-0.25, -0.2) is 4.57 Å². The molecule has 0 spiro atoms.